The number of aromatic nitrogens is 3. The highest BCUT2D eigenvalue weighted by atomic mass is 15.0. The Morgan fingerprint density at radius 2 is 0.807 bits per heavy atom. The summed E-state index contributed by atoms with van der Waals surface area (Å²) in [5.74, 6) is 0. The molecule has 57 heavy (non-hydrogen) atoms. The molecule has 3 heterocycles. The van der Waals surface area contributed by atoms with Crippen LogP contribution in [0.5, 0.6) is 0 Å². The van der Waals surface area contributed by atoms with Gasteiger partial charge in [0, 0.05) is 49.4 Å². The molecule has 1 aliphatic rings. The second-order valence-electron chi connectivity index (χ2n) is 17.6. The molecule has 0 saturated carbocycles. The van der Waals surface area contributed by atoms with Gasteiger partial charge in [-0.05, 0) is 124 Å². The minimum Gasteiger partial charge on any atom is -0.309 e. The van der Waals surface area contributed by atoms with E-state index in [-0.39, 0.29) is 10.8 Å². The minimum absolute atomic E-state index is 0.0877. The van der Waals surface area contributed by atoms with Crippen molar-refractivity contribution in [2.75, 3.05) is 0 Å². The molecule has 0 radical (unpaired) electrons. The van der Waals surface area contributed by atoms with Gasteiger partial charge in [-0.1, -0.05) is 113 Å². The van der Waals surface area contributed by atoms with Crippen molar-refractivity contribution in [1.82, 2.24) is 13.7 Å². The number of hydrogen-bond acceptors (Lipinski definition) is 0. The smallest absolute Gasteiger partial charge is 0.0562 e. The molecular formula is C54H43N3. The summed E-state index contributed by atoms with van der Waals surface area (Å²) in [5, 5.41) is 10.3. The van der Waals surface area contributed by atoms with Crippen LogP contribution in [0, 0.1) is 0 Å². The minimum atomic E-state index is 0.0877. The number of hydrogen-bond donors (Lipinski definition) is 0. The van der Waals surface area contributed by atoms with E-state index in [1.54, 1.807) is 0 Å². The van der Waals surface area contributed by atoms with E-state index in [2.05, 4.69) is 205 Å². The van der Waals surface area contributed by atoms with E-state index in [0.29, 0.717) is 0 Å². The van der Waals surface area contributed by atoms with Crippen molar-refractivity contribution in [3.8, 4) is 17.1 Å². The van der Waals surface area contributed by atoms with E-state index >= 15 is 0 Å². The number of nitrogens with zero attached hydrogens (tertiary/aromatic N) is 3. The second-order valence-corrected chi connectivity index (χ2v) is 17.6. The van der Waals surface area contributed by atoms with Crippen LogP contribution in [0.1, 0.15) is 51.7 Å². The fourth-order valence-corrected chi connectivity index (χ4v) is 10.4. The third kappa shape index (κ3) is 4.54. The predicted molar refractivity (Wildman–Crippen MR) is 242 cm³/mol. The zero-order valence-electron chi connectivity index (χ0n) is 32.8. The lowest BCUT2D eigenvalue weighted by Crippen LogP contribution is -2.33. The van der Waals surface area contributed by atoms with Crippen LogP contribution in [0.25, 0.3) is 93.3 Å². The Labute approximate surface area is 332 Å². The lowest BCUT2D eigenvalue weighted by atomic mass is 9.63. The maximum atomic E-state index is 2.57. The van der Waals surface area contributed by atoms with Gasteiger partial charge in [-0.25, -0.2) is 0 Å². The first-order valence-electron chi connectivity index (χ1n) is 20.4. The molecular weight excluding hydrogens is 691 g/mol. The first-order valence-corrected chi connectivity index (χ1v) is 20.4. The lowest BCUT2D eigenvalue weighted by molar-refractivity contribution is 0.332. The van der Waals surface area contributed by atoms with Crippen molar-refractivity contribution in [2.45, 2.75) is 51.4 Å². The zero-order valence-corrected chi connectivity index (χ0v) is 32.8. The number of fused-ring (bicyclic) bond motifs is 12. The van der Waals surface area contributed by atoms with Crippen LogP contribution in [0.4, 0.5) is 0 Å². The third-order valence-electron chi connectivity index (χ3n) is 13.5. The van der Waals surface area contributed by atoms with Crippen molar-refractivity contribution < 1.29 is 0 Å². The van der Waals surface area contributed by atoms with E-state index in [1.807, 2.05) is 0 Å². The maximum Gasteiger partial charge on any atom is 0.0562 e. The van der Waals surface area contributed by atoms with E-state index in [0.717, 1.165) is 5.69 Å². The molecule has 0 bridgehead atoms. The maximum absolute atomic E-state index is 2.57. The summed E-state index contributed by atoms with van der Waals surface area (Å²) >= 11 is 0. The highest BCUT2D eigenvalue weighted by Gasteiger charge is 2.38. The molecule has 12 rings (SSSR count). The fourth-order valence-electron chi connectivity index (χ4n) is 10.4. The molecule has 3 nitrogen and oxygen atoms in total. The second kappa shape index (κ2) is 11.5. The predicted octanol–water partition coefficient (Wildman–Crippen LogP) is 14.5. The van der Waals surface area contributed by atoms with Crippen molar-refractivity contribution in [3.05, 3.63) is 175 Å². The van der Waals surface area contributed by atoms with Gasteiger partial charge in [0.1, 0.15) is 0 Å². The van der Waals surface area contributed by atoms with Crippen molar-refractivity contribution in [3.63, 3.8) is 0 Å². The molecule has 0 saturated heterocycles. The highest BCUT2D eigenvalue weighted by molar-refractivity contribution is 6.25. The Kier molecular flexibility index (Phi) is 6.58. The topological polar surface area (TPSA) is 14.8 Å². The van der Waals surface area contributed by atoms with Crippen molar-refractivity contribution >= 4 is 76.2 Å². The van der Waals surface area contributed by atoms with Gasteiger partial charge in [0.15, 0.2) is 0 Å². The molecule has 0 unspecified atom stereocenters. The van der Waals surface area contributed by atoms with E-state index in [9.17, 15) is 0 Å². The summed E-state index contributed by atoms with van der Waals surface area (Å²) in [7, 11) is 0. The van der Waals surface area contributed by atoms with Gasteiger partial charge in [0.05, 0.1) is 33.1 Å². The van der Waals surface area contributed by atoms with E-state index in [4.69, 9.17) is 0 Å². The van der Waals surface area contributed by atoms with Gasteiger partial charge in [-0.3, -0.25) is 0 Å². The monoisotopic (exact) mass is 733 g/mol. The Morgan fingerprint density at radius 1 is 0.333 bits per heavy atom. The summed E-state index contributed by atoms with van der Waals surface area (Å²) in [6.07, 6.45) is 2.36. The Bertz CT molecular complexity index is 3390. The molecule has 1 aliphatic carbocycles. The van der Waals surface area contributed by atoms with Gasteiger partial charge in [-0.15, -0.1) is 0 Å². The number of benzene rings is 8. The first-order chi connectivity index (χ1) is 27.8. The highest BCUT2D eigenvalue weighted by Crippen LogP contribution is 2.49. The van der Waals surface area contributed by atoms with E-state index < -0.39 is 0 Å². The first kappa shape index (κ1) is 32.6. The molecule has 0 aliphatic heterocycles. The Balaban J connectivity index is 1.19. The summed E-state index contributed by atoms with van der Waals surface area (Å²) in [4.78, 5) is 0. The van der Waals surface area contributed by atoms with Crippen LogP contribution in [-0.4, -0.2) is 13.7 Å². The Hall–Kier alpha value is -6.58. The molecule has 11 aromatic rings. The molecule has 0 N–H and O–H groups in total. The lowest BCUT2D eigenvalue weighted by Gasteiger charge is -2.42. The largest absolute Gasteiger partial charge is 0.309 e. The van der Waals surface area contributed by atoms with Crippen LogP contribution in [0.15, 0.2) is 164 Å². The van der Waals surface area contributed by atoms with Gasteiger partial charge >= 0.3 is 0 Å². The van der Waals surface area contributed by atoms with Gasteiger partial charge in [0.25, 0.3) is 0 Å². The average Bonchev–Trinajstić information content (AvgIpc) is 3.87. The van der Waals surface area contributed by atoms with Crippen LogP contribution in [0.3, 0.4) is 0 Å². The molecule has 8 aromatic carbocycles. The SMILES string of the molecule is CC1(C)CCC(C)(C)c2cc3c(cc21)c1cc2c4c5ccccc5ccc4n(-c4ccccc4)c2cc1n3-c1ccc(-n2c3ccccc3c3ccccc32)cc1. The Morgan fingerprint density at radius 3 is 1.47 bits per heavy atom. The standard InChI is InChI=1S/C54H43N3/c1-53(2)28-29-54(3,4)45-32-49-42(31-44(45)53)41-30-43-51(56(35-15-6-5-7-16-35)48-27-22-34-14-8-9-17-38(34)52(43)48)33-50(41)57(49)37-25-23-36(24-26-37)55-46-20-12-10-18-39(46)40-19-11-13-21-47(40)55/h5-27,30-33H,28-29H2,1-4H3. The number of para-hydroxylation sites is 3. The van der Waals surface area contributed by atoms with Crippen LogP contribution in [0.2, 0.25) is 0 Å². The molecule has 0 fully saturated rings. The molecule has 274 valence electrons. The summed E-state index contributed by atoms with van der Waals surface area (Å²) in [6, 6.07) is 61.2. The van der Waals surface area contributed by atoms with Crippen LogP contribution in [-0.2, 0) is 10.8 Å². The normalized spacial score (nSPS) is 15.2. The quantitative estimate of drug-likeness (QED) is 0.172. The van der Waals surface area contributed by atoms with Gasteiger partial charge in [0.2, 0.25) is 0 Å². The van der Waals surface area contributed by atoms with Gasteiger partial charge in [-0.2, -0.15) is 0 Å². The summed E-state index contributed by atoms with van der Waals surface area (Å²) in [6.45, 7) is 9.76. The molecule has 0 spiro atoms. The zero-order chi connectivity index (χ0) is 38.2. The molecule has 0 atom stereocenters. The van der Waals surface area contributed by atoms with Crippen LogP contribution >= 0.6 is 0 Å². The summed E-state index contributed by atoms with van der Waals surface area (Å²) in [5.41, 5.74) is 14.1. The molecule has 3 heteroatoms. The average molecular weight is 734 g/mol. The van der Waals surface area contributed by atoms with Crippen LogP contribution < -0.4 is 0 Å². The van der Waals surface area contributed by atoms with Crippen molar-refractivity contribution in [1.29, 1.82) is 0 Å². The third-order valence-corrected chi connectivity index (χ3v) is 13.5. The molecule has 3 aromatic heterocycles. The summed E-state index contributed by atoms with van der Waals surface area (Å²) < 4.78 is 7.43. The van der Waals surface area contributed by atoms with Gasteiger partial charge < -0.3 is 13.7 Å². The molecule has 0 amide bonds. The van der Waals surface area contributed by atoms with E-state index in [1.165, 1.54) is 112 Å². The number of rotatable bonds is 3. The fraction of sp³-hybridized carbons (Fsp3) is 0.148. The van der Waals surface area contributed by atoms with Crippen molar-refractivity contribution in [2.24, 2.45) is 0 Å².